The average molecular weight is 361 g/mol. The van der Waals surface area contributed by atoms with Gasteiger partial charge in [-0.1, -0.05) is 53.2 Å². The smallest absolute Gasteiger partial charge is 0.269 e. The lowest BCUT2D eigenvalue weighted by molar-refractivity contribution is -0.123. The highest BCUT2D eigenvalue weighted by atomic mass is 79.9. The number of hydrogen-bond acceptors (Lipinski definition) is 2. The van der Waals surface area contributed by atoms with Crippen LogP contribution < -0.4 is 10.9 Å². The molecule has 2 aromatic carbocycles. The molecule has 22 heavy (non-hydrogen) atoms. The Hall–Kier alpha value is -2.14. The fraction of sp³-hybridized carbons (Fsp3) is 0.176. The maximum atomic E-state index is 12.2. The first-order chi connectivity index (χ1) is 10.6. The zero-order chi connectivity index (χ0) is 15.9. The molecule has 0 spiro atoms. The van der Waals surface area contributed by atoms with Crippen LogP contribution in [0.5, 0.6) is 0 Å². The SMILES string of the molecule is CCC(C(=O)NNC(=O)c1ccc(Br)cc1)c1ccccc1. The van der Waals surface area contributed by atoms with E-state index in [1.165, 1.54) is 0 Å². The van der Waals surface area contributed by atoms with Gasteiger partial charge in [0.2, 0.25) is 5.91 Å². The molecule has 4 nitrogen and oxygen atoms in total. The minimum atomic E-state index is -0.344. The number of carbonyl (C=O) groups excluding carboxylic acids is 2. The van der Waals surface area contributed by atoms with Crippen LogP contribution in [0.1, 0.15) is 35.2 Å². The van der Waals surface area contributed by atoms with Crippen LogP contribution >= 0.6 is 15.9 Å². The van der Waals surface area contributed by atoms with E-state index in [4.69, 9.17) is 0 Å². The van der Waals surface area contributed by atoms with Gasteiger partial charge in [-0.05, 0) is 36.2 Å². The van der Waals surface area contributed by atoms with Crippen LogP contribution in [0.3, 0.4) is 0 Å². The van der Waals surface area contributed by atoms with Gasteiger partial charge < -0.3 is 0 Å². The van der Waals surface area contributed by atoms with Gasteiger partial charge in [0.1, 0.15) is 0 Å². The summed E-state index contributed by atoms with van der Waals surface area (Å²) in [6.07, 6.45) is 0.657. The fourth-order valence-corrected chi connectivity index (χ4v) is 2.40. The molecule has 114 valence electrons. The lowest BCUT2D eigenvalue weighted by Gasteiger charge is -2.15. The van der Waals surface area contributed by atoms with Crippen LogP contribution in [-0.4, -0.2) is 11.8 Å². The van der Waals surface area contributed by atoms with Crippen molar-refractivity contribution in [1.29, 1.82) is 0 Å². The molecule has 5 heteroatoms. The number of carbonyl (C=O) groups is 2. The van der Waals surface area contributed by atoms with E-state index in [2.05, 4.69) is 26.8 Å². The second-order valence-electron chi connectivity index (χ2n) is 4.82. The highest BCUT2D eigenvalue weighted by Crippen LogP contribution is 2.18. The van der Waals surface area contributed by atoms with Gasteiger partial charge in [-0.2, -0.15) is 0 Å². The second kappa shape index (κ2) is 7.75. The molecule has 0 saturated heterocycles. The quantitative estimate of drug-likeness (QED) is 0.820. The maximum absolute atomic E-state index is 12.2. The van der Waals surface area contributed by atoms with Crippen molar-refractivity contribution in [1.82, 2.24) is 10.9 Å². The first-order valence-corrected chi connectivity index (χ1v) is 7.81. The van der Waals surface area contributed by atoms with E-state index in [1.54, 1.807) is 24.3 Å². The molecule has 1 unspecified atom stereocenters. The summed E-state index contributed by atoms with van der Waals surface area (Å²) in [6, 6.07) is 16.4. The van der Waals surface area contributed by atoms with Gasteiger partial charge in [0.05, 0.1) is 5.92 Å². The van der Waals surface area contributed by atoms with Gasteiger partial charge >= 0.3 is 0 Å². The lowest BCUT2D eigenvalue weighted by atomic mass is 9.96. The summed E-state index contributed by atoms with van der Waals surface area (Å²) in [4.78, 5) is 24.2. The van der Waals surface area contributed by atoms with Gasteiger partial charge in [-0.15, -0.1) is 0 Å². The molecule has 2 aromatic rings. The summed E-state index contributed by atoms with van der Waals surface area (Å²) >= 11 is 3.31. The van der Waals surface area contributed by atoms with E-state index < -0.39 is 0 Å². The largest absolute Gasteiger partial charge is 0.273 e. The van der Waals surface area contributed by atoms with Crippen molar-refractivity contribution >= 4 is 27.7 Å². The molecule has 2 amide bonds. The molecule has 2 rings (SSSR count). The number of benzene rings is 2. The molecule has 0 fully saturated rings. The highest BCUT2D eigenvalue weighted by molar-refractivity contribution is 9.10. The van der Waals surface area contributed by atoms with Gasteiger partial charge in [0.25, 0.3) is 5.91 Å². The Bertz CT molecular complexity index is 641. The summed E-state index contributed by atoms with van der Waals surface area (Å²) in [5.41, 5.74) is 6.36. The van der Waals surface area contributed by atoms with Gasteiger partial charge in [0, 0.05) is 10.0 Å². The van der Waals surface area contributed by atoms with E-state index in [0.29, 0.717) is 12.0 Å². The van der Waals surface area contributed by atoms with Crippen molar-refractivity contribution in [3.8, 4) is 0 Å². The summed E-state index contributed by atoms with van der Waals surface area (Å²) in [5.74, 6) is -0.852. The summed E-state index contributed by atoms with van der Waals surface area (Å²) in [6.45, 7) is 1.94. The normalized spacial score (nSPS) is 11.5. The van der Waals surface area contributed by atoms with Gasteiger partial charge in [-0.25, -0.2) is 0 Å². The Morgan fingerprint density at radius 3 is 2.23 bits per heavy atom. The van der Waals surface area contributed by atoms with E-state index in [9.17, 15) is 9.59 Å². The van der Waals surface area contributed by atoms with Gasteiger partial charge in [0.15, 0.2) is 0 Å². The molecule has 0 aromatic heterocycles. The van der Waals surface area contributed by atoms with Crippen molar-refractivity contribution in [2.75, 3.05) is 0 Å². The number of nitrogens with one attached hydrogen (secondary N) is 2. The highest BCUT2D eigenvalue weighted by Gasteiger charge is 2.18. The molecule has 0 bridgehead atoms. The summed E-state index contributed by atoms with van der Waals surface area (Å²) < 4.78 is 0.892. The number of hydrazine groups is 1. The number of hydrogen-bond donors (Lipinski definition) is 2. The first-order valence-electron chi connectivity index (χ1n) is 7.02. The maximum Gasteiger partial charge on any atom is 0.269 e. The Balaban J connectivity index is 1.96. The third-order valence-electron chi connectivity index (χ3n) is 3.33. The third kappa shape index (κ3) is 4.18. The lowest BCUT2D eigenvalue weighted by Crippen LogP contribution is -2.43. The minimum absolute atomic E-state index is 0.223. The third-order valence-corrected chi connectivity index (χ3v) is 3.86. The number of rotatable bonds is 4. The number of amides is 2. The topological polar surface area (TPSA) is 58.2 Å². The molecule has 0 aliphatic carbocycles. The molecule has 0 heterocycles. The fourth-order valence-electron chi connectivity index (χ4n) is 2.14. The predicted molar refractivity (Wildman–Crippen MR) is 89.2 cm³/mol. The zero-order valence-electron chi connectivity index (χ0n) is 12.2. The Morgan fingerprint density at radius 1 is 1.00 bits per heavy atom. The molecule has 2 N–H and O–H groups in total. The van der Waals surface area contributed by atoms with E-state index in [-0.39, 0.29) is 17.7 Å². The Kier molecular flexibility index (Phi) is 5.72. The minimum Gasteiger partial charge on any atom is -0.273 e. The molecule has 0 aliphatic rings. The molecule has 0 saturated carbocycles. The van der Waals surface area contributed by atoms with Crippen LogP contribution in [0.4, 0.5) is 0 Å². The van der Waals surface area contributed by atoms with E-state index in [0.717, 1.165) is 10.0 Å². The zero-order valence-corrected chi connectivity index (χ0v) is 13.8. The van der Waals surface area contributed by atoms with Crippen molar-refractivity contribution in [3.05, 3.63) is 70.2 Å². The van der Waals surface area contributed by atoms with Crippen molar-refractivity contribution < 1.29 is 9.59 Å². The van der Waals surface area contributed by atoms with E-state index >= 15 is 0 Å². The molecular weight excluding hydrogens is 344 g/mol. The molecule has 0 radical (unpaired) electrons. The molecule has 1 atom stereocenters. The van der Waals surface area contributed by atoms with Crippen molar-refractivity contribution in [3.63, 3.8) is 0 Å². The van der Waals surface area contributed by atoms with E-state index in [1.807, 2.05) is 37.3 Å². The first kappa shape index (κ1) is 16.2. The monoisotopic (exact) mass is 360 g/mol. The van der Waals surface area contributed by atoms with Crippen LogP contribution in [0.25, 0.3) is 0 Å². The van der Waals surface area contributed by atoms with Crippen LogP contribution in [0, 0.1) is 0 Å². The van der Waals surface area contributed by atoms with Crippen molar-refractivity contribution in [2.24, 2.45) is 0 Å². The molecular formula is C17H17BrN2O2. The van der Waals surface area contributed by atoms with Crippen molar-refractivity contribution in [2.45, 2.75) is 19.3 Å². The van der Waals surface area contributed by atoms with Crippen LogP contribution in [0.15, 0.2) is 59.1 Å². The second-order valence-corrected chi connectivity index (χ2v) is 5.74. The molecule has 0 aliphatic heterocycles. The van der Waals surface area contributed by atoms with Gasteiger partial charge in [-0.3, -0.25) is 20.4 Å². The Morgan fingerprint density at radius 2 is 1.64 bits per heavy atom. The standard InChI is InChI=1S/C17H17BrN2O2/c1-2-15(12-6-4-3-5-7-12)17(22)20-19-16(21)13-8-10-14(18)11-9-13/h3-11,15H,2H2,1H3,(H,19,21)(H,20,22). The average Bonchev–Trinajstić information content (AvgIpc) is 2.55. The number of halogens is 1. The summed E-state index contributed by atoms with van der Waals surface area (Å²) in [7, 11) is 0. The Labute approximate surface area is 138 Å². The van der Waals surface area contributed by atoms with Crippen LogP contribution in [0.2, 0.25) is 0 Å². The van der Waals surface area contributed by atoms with Crippen LogP contribution in [-0.2, 0) is 4.79 Å². The summed E-state index contributed by atoms with van der Waals surface area (Å²) in [5, 5.41) is 0. The predicted octanol–water partition coefficient (Wildman–Crippen LogP) is 3.40.